The Kier molecular flexibility index (Phi) is 4.15. The van der Waals surface area contributed by atoms with Gasteiger partial charge in [-0.1, -0.05) is 57.5 Å². The van der Waals surface area contributed by atoms with Crippen molar-refractivity contribution >= 4 is 23.2 Å². The van der Waals surface area contributed by atoms with Gasteiger partial charge in [0.05, 0.1) is 0 Å². The molecular formula is C23H26ClNO2. The number of ketones is 2. The molecular weight excluding hydrogens is 358 g/mol. The Hall–Kier alpha value is -1.87. The first-order valence-electron chi connectivity index (χ1n) is 9.62. The van der Waals surface area contributed by atoms with Gasteiger partial charge >= 0.3 is 0 Å². The number of hydrogen-bond acceptors (Lipinski definition) is 3. The molecule has 0 bridgehead atoms. The van der Waals surface area contributed by atoms with Crippen LogP contribution in [0.3, 0.4) is 0 Å². The zero-order valence-corrected chi connectivity index (χ0v) is 17.2. The van der Waals surface area contributed by atoms with E-state index in [2.05, 4.69) is 33.0 Å². The van der Waals surface area contributed by atoms with Crippen molar-refractivity contribution in [1.82, 2.24) is 5.32 Å². The summed E-state index contributed by atoms with van der Waals surface area (Å²) in [6, 6.07) is 7.61. The fraction of sp³-hybridized carbons (Fsp3) is 0.478. The molecule has 1 heterocycles. The van der Waals surface area contributed by atoms with E-state index < -0.39 is 0 Å². The molecule has 1 aromatic rings. The first-order valence-corrected chi connectivity index (χ1v) is 10.00. The third kappa shape index (κ3) is 3.16. The Morgan fingerprint density at radius 2 is 1.33 bits per heavy atom. The van der Waals surface area contributed by atoms with E-state index in [9.17, 15) is 9.59 Å². The molecule has 2 aliphatic carbocycles. The molecule has 1 N–H and O–H groups in total. The lowest BCUT2D eigenvalue weighted by Gasteiger charge is -2.44. The van der Waals surface area contributed by atoms with E-state index in [4.69, 9.17) is 11.6 Å². The molecule has 0 saturated heterocycles. The quantitative estimate of drug-likeness (QED) is 0.714. The minimum absolute atomic E-state index is 0.0831. The Morgan fingerprint density at radius 3 is 1.81 bits per heavy atom. The molecule has 0 aromatic heterocycles. The van der Waals surface area contributed by atoms with Gasteiger partial charge in [0.1, 0.15) is 0 Å². The van der Waals surface area contributed by atoms with E-state index in [1.807, 2.05) is 24.3 Å². The standard InChI is InChI=1S/C23H26ClNO2/c1-22(2)9-15-20(17(26)11-22)19(13-7-5-6-8-14(13)24)21-16(25-15)10-23(3,4)12-18(21)27/h5-8,19,25H,9-12H2,1-4H3. The minimum Gasteiger partial charge on any atom is -0.362 e. The van der Waals surface area contributed by atoms with Crippen LogP contribution < -0.4 is 5.32 Å². The van der Waals surface area contributed by atoms with Crippen molar-refractivity contribution in [2.24, 2.45) is 10.8 Å². The zero-order valence-electron chi connectivity index (χ0n) is 16.4. The topological polar surface area (TPSA) is 46.2 Å². The molecule has 142 valence electrons. The monoisotopic (exact) mass is 383 g/mol. The average Bonchev–Trinajstić information content (AvgIpc) is 2.51. The van der Waals surface area contributed by atoms with Gasteiger partial charge < -0.3 is 5.32 Å². The van der Waals surface area contributed by atoms with Crippen molar-refractivity contribution in [3.8, 4) is 0 Å². The number of benzene rings is 1. The largest absolute Gasteiger partial charge is 0.362 e. The van der Waals surface area contributed by atoms with Gasteiger partial charge in [-0.15, -0.1) is 0 Å². The highest BCUT2D eigenvalue weighted by molar-refractivity contribution is 6.31. The number of halogens is 1. The summed E-state index contributed by atoms with van der Waals surface area (Å²) in [6.07, 6.45) is 2.61. The van der Waals surface area contributed by atoms with Crippen LogP contribution in [0.5, 0.6) is 0 Å². The molecule has 0 unspecified atom stereocenters. The first-order chi connectivity index (χ1) is 12.6. The number of dihydropyridines is 1. The predicted molar refractivity (Wildman–Crippen MR) is 107 cm³/mol. The summed E-state index contributed by atoms with van der Waals surface area (Å²) in [5.74, 6) is -0.0946. The third-order valence-electron chi connectivity index (χ3n) is 5.94. The van der Waals surface area contributed by atoms with Crippen molar-refractivity contribution < 1.29 is 9.59 Å². The number of Topliss-reactive ketones (excluding diaryl/α,β-unsaturated/α-hetero) is 2. The second kappa shape index (κ2) is 6.07. The molecule has 0 fully saturated rings. The van der Waals surface area contributed by atoms with Crippen molar-refractivity contribution in [2.45, 2.75) is 59.3 Å². The third-order valence-corrected chi connectivity index (χ3v) is 6.28. The van der Waals surface area contributed by atoms with Gasteiger partial charge in [-0.25, -0.2) is 0 Å². The lowest BCUT2D eigenvalue weighted by Crippen LogP contribution is -2.42. The van der Waals surface area contributed by atoms with Gasteiger partial charge in [-0.05, 0) is 35.3 Å². The number of allylic oxidation sites excluding steroid dienone is 4. The van der Waals surface area contributed by atoms with Crippen LogP contribution in [0.25, 0.3) is 0 Å². The van der Waals surface area contributed by atoms with Crippen LogP contribution >= 0.6 is 11.6 Å². The van der Waals surface area contributed by atoms with Crippen LogP contribution in [0.2, 0.25) is 5.02 Å². The summed E-state index contributed by atoms with van der Waals surface area (Å²) < 4.78 is 0. The van der Waals surface area contributed by atoms with Gasteiger partial charge in [0.25, 0.3) is 0 Å². The molecule has 1 aliphatic heterocycles. The van der Waals surface area contributed by atoms with Crippen molar-refractivity contribution in [2.75, 3.05) is 0 Å². The molecule has 4 heteroatoms. The summed E-state index contributed by atoms with van der Waals surface area (Å²) >= 11 is 6.54. The van der Waals surface area contributed by atoms with Gasteiger partial charge in [0.15, 0.2) is 11.6 Å². The molecule has 0 spiro atoms. The van der Waals surface area contributed by atoms with Crippen LogP contribution in [0, 0.1) is 10.8 Å². The second-order valence-corrected chi connectivity index (χ2v) is 10.2. The van der Waals surface area contributed by atoms with Gasteiger partial charge in [-0.3, -0.25) is 9.59 Å². The highest BCUT2D eigenvalue weighted by Gasteiger charge is 2.46. The lowest BCUT2D eigenvalue weighted by atomic mass is 9.64. The molecule has 0 atom stereocenters. The van der Waals surface area contributed by atoms with Gasteiger partial charge in [0, 0.05) is 46.3 Å². The van der Waals surface area contributed by atoms with Gasteiger partial charge in [-0.2, -0.15) is 0 Å². The minimum atomic E-state index is -0.350. The Morgan fingerprint density at radius 1 is 0.852 bits per heavy atom. The maximum atomic E-state index is 13.2. The predicted octanol–water partition coefficient (Wildman–Crippen LogP) is 5.31. The first kappa shape index (κ1) is 18.5. The normalized spacial score (nSPS) is 24.5. The molecule has 4 rings (SSSR count). The zero-order chi connectivity index (χ0) is 19.6. The Bertz CT molecular complexity index is 868. The van der Waals surface area contributed by atoms with Gasteiger partial charge in [0.2, 0.25) is 0 Å². The number of rotatable bonds is 1. The van der Waals surface area contributed by atoms with E-state index >= 15 is 0 Å². The molecule has 0 amide bonds. The van der Waals surface area contributed by atoms with Crippen molar-refractivity contribution in [1.29, 1.82) is 0 Å². The number of nitrogens with one attached hydrogen (secondary N) is 1. The van der Waals surface area contributed by atoms with E-state index in [0.29, 0.717) is 17.9 Å². The van der Waals surface area contributed by atoms with Crippen LogP contribution in [0.1, 0.15) is 64.9 Å². The Labute approximate surface area is 165 Å². The van der Waals surface area contributed by atoms with Crippen LogP contribution in [-0.4, -0.2) is 11.6 Å². The Balaban J connectivity index is 1.94. The highest BCUT2D eigenvalue weighted by Crippen LogP contribution is 2.51. The molecule has 27 heavy (non-hydrogen) atoms. The van der Waals surface area contributed by atoms with Crippen molar-refractivity contribution in [3.05, 3.63) is 57.4 Å². The van der Waals surface area contributed by atoms with Crippen molar-refractivity contribution in [3.63, 3.8) is 0 Å². The highest BCUT2D eigenvalue weighted by atomic mass is 35.5. The number of carbonyl (C=O) groups excluding carboxylic acids is 2. The fourth-order valence-electron chi connectivity index (χ4n) is 4.91. The van der Waals surface area contributed by atoms with E-state index in [0.717, 1.165) is 40.9 Å². The number of carbonyl (C=O) groups is 2. The smallest absolute Gasteiger partial charge is 0.162 e. The molecule has 3 aliphatic rings. The maximum absolute atomic E-state index is 13.2. The summed E-state index contributed by atoms with van der Waals surface area (Å²) in [5.41, 5.74) is 4.14. The lowest BCUT2D eigenvalue weighted by molar-refractivity contribution is -0.119. The van der Waals surface area contributed by atoms with Crippen LogP contribution in [0.15, 0.2) is 46.8 Å². The van der Waals surface area contributed by atoms with E-state index in [1.54, 1.807) is 0 Å². The summed E-state index contributed by atoms with van der Waals surface area (Å²) in [7, 11) is 0. The van der Waals surface area contributed by atoms with E-state index in [1.165, 1.54) is 0 Å². The molecule has 0 radical (unpaired) electrons. The summed E-state index contributed by atoms with van der Waals surface area (Å²) in [5, 5.41) is 4.13. The maximum Gasteiger partial charge on any atom is 0.162 e. The summed E-state index contributed by atoms with van der Waals surface area (Å²) in [4.78, 5) is 26.3. The van der Waals surface area contributed by atoms with Crippen LogP contribution in [-0.2, 0) is 9.59 Å². The second-order valence-electron chi connectivity index (χ2n) is 9.75. The molecule has 3 nitrogen and oxygen atoms in total. The average molecular weight is 384 g/mol. The van der Waals surface area contributed by atoms with E-state index in [-0.39, 0.29) is 28.3 Å². The molecule has 1 aromatic carbocycles. The summed E-state index contributed by atoms with van der Waals surface area (Å²) in [6.45, 7) is 8.50. The number of hydrogen-bond donors (Lipinski definition) is 1. The van der Waals surface area contributed by atoms with Crippen LogP contribution in [0.4, 0.5) is 0 Å². The SMILES string of the molecule is CC1(C)CC(=O)C2=C(C1)NC1=C(C(=O)CC(C)(C)C1)C2c1ccccc1Cl. The fourth-order valence-corrected chi connectivity index (χ4v) is 5.15. The molecule has 0 saturated carbocycles.